The number of rotatable bonds is 7. The van der Waals surface area contributed by atoms with E-state index in [1.54, 1.807) is 17.5 Å². The van der Waals surface area contributed by atoms with Crippen molar-refractivity contribution in [3.63, 3.8) is 0 Å². The number of anilines is 2. The minimum absolute atomic E-state index is 0.0300. The molecule has 0 unspecified atom stereocenters. The minimum atomic E-state index is -3.71. The van der Waals surface area contributed by atoms with Crippen molar-refractivity contribution in [2.45, 2.75) is 24.7 Å². The zero-order valence-electron chi connectivity index (χ0n) is 12.5. The number of hydrogen-bond acceptors (Lipinski definition) is 7. The highest BCUT2D eigenvalue weighted by Crippen LogP contribution is 2.22. The zero-order chi connectivity index (χ0) is 16.9. The van der Waals surface area contributed by atoms with E-state index in [4.69, 9.17) is 9.88 Å². The van der Waals surface area contributed by atoms with E-state index >= 15 is 0 Å². The number of hydrogen-bond donors (Lipinski definition) is 2. The van der Waals surface area contributed by atoms with Gasteiger partial charge in [-0.2, -0.15) is 0 Å². The molecule has 0 saturated heterocycles. The fourth-order valence-electron chi connectivity index (χ4n) is 1.66. The zero-order valence-corrected chi connectivity index (χ0v) is 14.1. The normalized spacial score (nSPS) is 11.2. The van der Waals surface area contributed by atoms with Crippen LogP contribution in [0, 0.1) is 0 Å². The van der Waals surface area contributed by atoms with Crippen LogP contribution in [0.4, 0.5) is 10.8 Å². The number of nitrogens with zero attached hydrogens (tertiary/aromatic N) is 1. The van der Waals surface area contributed by atoms with Gasteiger partial charge in [0.05, 0.1) is 11.5 Å². The molecule has 0 atom stereocenters. The van der Waals surface area contributed by atoms with Gasteiger partial charge in [0.2, 0.25) is 10.0 Å². The van der Waals surface area contributed by atoms with Crippen molar-refractivity contribution in [2.24, 2.45) is 5.14 Å². The Hall–Kier alpha value is -1.97. The second kappa shape index (κ2) is 7.53. The van der Waals surface area contributed by atoms with E-state index in [1.807, 2.05) is 6.92 Å². The summed E-state index contributed by atoms with van der Waals surface area (Å²) in [7, 11) is -3.71. The number of primary sulfonamides is 1. The van der Waals surface area contributed by atoms with Crippen molar-refractivity contribution >= 4 is 38.1 Å². The Balaban J connectivity index is 2.00. The highest BCUT2D eigenvalue weighted by molar-refractivity contribution is 7.89. The summed E-state index contributed by atoms with van der Waals surface area (Å²) in [6.07, 6.45) is 1.77. The first-order chi connectivity index (χ1) is 10.9. The molecule has 2 rings (SSSR count). The van der Waals surface area contributed by atoms with Gasteiger partial charge in [-0.15, -0.1) is 11.3 Å². The molecule has 0 amide bonds. The van der Waals surface area contributed by atoms with Crippen LogP contribution < -0.4 is 10.5 Å². The molecule has 0 aliphatic carbocycles. The van der Waals surface area contributed by atoms with Crippen LogP contribution in [0.25, 0.3) is 0 Å². The maximum atomic E-state index is 11.8. The minimum Gasteiger partial charge on any atom is -0.461 e. The topological polar surface area (TPSA) is 111 Å². The van der Waals surface area contributed by atoms with E-state index in [-0.39, 0.29) is 10.6 Å². The predicted octanol–water partition coefficient (Wildman–Crippen LogP) is 2.49. The Bertz CT molecular complexity index is 770. The SMILES string of the molecule is CCCCOC(=O)c1csc(Nc2ccc(S(N)(=O)=O)cc2)n1. The summed E-state index contributed by atoms with van der Waals surface area (Å²) in [5.41, 5.74) is 0.882. The van der Waals surface area contributed by atoms with Gasteiger partial charge in [0.15, 0.2) is 10.8 Å². The lowest BCUT2D eigenvalue weighted by molar-refractivity contribution is 0.0494. The maximum Gasteiger partial charge on any atom is 0.357 e. The monoisotopic (exact) mass is 355 g/mol. The number of sulfonamides is 1. The van der Waals surface area contributed by atoms with Crippen molar-refractivity contribution in [2.75, 3.05) is 11.9 Å². The number of carbonyl (C=O) groups excluding carboxylic acids is 1. The summed E-state index contributed by atoms with van der Waals surface area (Å²) in [6, 6.07) is 5.93. The van der Waals surface area contributed by atoms with Crippen LogP contribution in [0.1, 0.15) is 30.3 Å². The Kier molecular flexibility index (Phi) is 5.69. The van der Waals surface area contributed by atoms with Gasteiger partial charge in [-0.1, -0.05) is 13.3 Å². The molecule has 0 bridgehead atoms. The van der Waals surface area contributed by atoms with E-state index in [9.17, 15) is 13.2 Å². The maximum absolute atomic E-state index is 11.8. The quantitative estimate of drug-likeness (QED) is 0.583. The average Bonchev–Trinajstić information content (AvgIpc) is 2.95. The second-order valence-electron chi connectivity index (χ2n) is 4.72. The lowest BCUT2D eigenvalue weighted by atomic mass is 10.3. The van der Waals surface area contributed by atoms with Crippen molar-refractivity contribution in [3.05, 3.63) is 35.3 Å². The molecule has 3 N–H and O–H groups in total. The first-order valence-corrected chi connectivity index (χ1v) is 9.35. The van der Waals surface area contributed by atoms with Crippen LogP contribution in [-0.2, 0) is 14.8 Å². The van der Waals surface area contributed by atoms with Gasteiger partial charge in [-0.25, -0.2) is 23.3 Å². The van der Waals surface area contributed by atoms with Gasteiger partial charge in [0.1, 0.15) is 0 Å². The van der Waals surface area contributed by atoms with Gasteiger partial charge in [0.25, 0.3) is 0 Å². The summed E-state index contributed by atoms with van der Waals surface area (Å²) in [4.78, 5) is 15.9. The van der Waals surface area contributed by atoms with E-state index < -0.39 is 16.0 Å². The predicted molar refractivity (Wildman–Crippen MR) is 88.4 cm³/mol. The molecule has 124 valence electrons. The molecular weight excluding hydrogens is 338 g/mol. The highest BCUT2D eigenvalue weighted by Gasteiger charge is 2.12. The molecule has 2 aromatic rings. The van der Waals surface area contributed by atoms with Crippen LogP contribution >= 0.6 is 11.3 Å². The van der Waals surface area contributed by atoms with Gasteiger partial charge in [-0.3, -0.25) is 0 Å². The molecule has 0 aliphatic heterocycles. The number of aromatic nitrogens is 1. The van der Waals surface area contributed by atoms with E-state index in [0.29, 0.717) is 17.4 Å². The Morgan fingerprint density at radius 3 is 2.65 bits per heavy atom. The van der Waals surface area contributed by atoms with Crippen LogP contribution in [0.15, 0.2) is 34.5 Å². The van der Waals surface area contributed by atoms with E-state index in [2.05, 4.69) is 10.3 Å². The van der Waals surface area contributed by atoms with Crippen LogP contribution in [0.2, 0.25) is 0 Å². The lowest BCUT2D eigenvalue weighted by Gasteiger charge is -2.03. The molecule has 1 aromatic carbocycles. The molecule has 9 heteroatoms. The number of unbranched alkanes of at least 4 members (excludes halogenated alkanes) is 1. The fraction of sp³-hybridized carbons (Fsp3) is 0.286. The number of carbonyl (C=O) groups is 1. The molecule has 0 saturated carbocycles. The van der Waals surface area contributed by atoms with Gasteiger partial charge in [-0.05, 0) is 30.7 Å². The van der Waals surface area contributed by atoms with Crippen LogP contribution in [0.5, 0.6) is 0 Å². The second-order valence-corrected chi connectivity index (χ2v) is 7.14. The Morgan fingerprint density at radius 1 is 1.35 bits per heavy atom. The molecule has 1 aromatic heterocycles. The smallest absolute Gasteiger partial charge is 0.357 e. The van der Waals surface area contributed by atoms with E-state index in [1.165, 1.54) is 23.5 Å². The van der Waals surface area contributed by atoms with Crippen LogP contribution in [0.3, 0.4) is 0 Å². The van der Waals surface area contributed by atoms with Crippen molar-refractivity contribution in [1.29, 1.82) is 0 Å². The highest BCUT2D eigenvalue weighted by atomic mass is 32.2. The lowest BCUT2D eigenvalue weighted by Crippen LogP contribution is -2.11. The summed E-state index contributed by atoms with van der Waals surface area (Å²) >= 11 is 1.26. The first kappa shape index (κ1) is 17.4. The molecule has 0 aliphatic rings. The Labute approximate surface area is 138 Å². The molecule has 7 nitrogen and oxygen atoms in total. The third kappa shape index (κ3) is 5.02. The number of nitrogens with two attached hydrogens (primary N) is 1. The number of esters is 1. The third-order valence-corrected chi connectivity index (χ3v) is 4.57. The summed E-state index contributed by atoms with van der Waals surface area (Å²) < 4.78 is 27.5. The van der Waals surface area contributed by atoms with Gasteiger partial charge < -0.3 is 10.1 Å². The number of thiazole rings is 1. The third-order valence-electron chi connectivity index (χ3n) is 2.88. The molecular formula is C14H17N3O4S2. The average molecular weight is 355 g/mol. The van der Waals surface area contributed by atoms with Gasteiger partial charge >= 0.3 is 5.97 Å². The molecule has 23 heavy (non-hydrogen) atoms. The van der Waals surface area contributed by atoms with Crippen LogP contribution in [-0.4, -0.2) is 26.0 Å². The number of ether oxygens (including phenoxy) is 1. The number of benzene rings is 1. The van der Waals surface area contributed by atoms with Crippen molar-refractivity contribution in [1.82, 2.24) is 4.98 Å². The van der Waals surface area contributed by atoms with Crippen molar-refractivity contribution < 1.29 is 17.9 Å². The largest absolute Gasteiger partial charge is 0.461 e. The summed E-state index contributed by atoms with van der Waals surface area (Å²) in [6.45, 7) is 2.39. The van der Waals surface area contributed by atoms with Gasteiger partial charge in [0, 0.05) is 11.1 Å². The molecule has 0 radical (unpaired) electrons. The number of nitrogens with one attached hydrogen (secondary N) is 1. The molecule has 1 heterocycles. The summed E-state index contributed by atoms with van der Waals surface area (Å²) in [5.74, 6) is -0.452. The summed E-state index contributed by atoms with van der Waals surface area (Å²) in [5, 5.41) is 10.1. The standard InChI is InChI=1S/C14H17N3O4S2/c1-2-3-8-21-13(18)12-9-22-14(17-12)16-10-4-6-11(7-5-10)23(15,19)20/h4-7,9H,2-3,8H2,1H3,(H,16,17)(H2,15,19,20). The molecule has 0 fully saturated rings. The first-order valence-electron chi connectivity index (χ1n) is 6.92. The van der Waals surface area contributed by atoms with E-state index in [0.717, 1.165) is 12.8 Å². The molecule has 0 spiro atoms. The fourth-order valence-corrected chi connectivity index (χ4v) is 2.87. The Morgan fingerprint density at radius 2 is 2.04 bits per heavy atom. The van der Waals surface area contributed by atoms with Crippen molar-refractivity contribution in [3.8, 4) is 0 Å².